The van der Waals surface area contributed by atoms with Crippen LogP contribution in [0.25, 0.3) is 0 Å². The standard InChI is InChI=1S/C13H16N4S/c1-17-9-12(15-10-17)7-8-14-13(18)16-11-5-3-2-4-6-11/h2-6,9-10H,7-8H2,1H3,(H2,14,16,18). The van der Waals surface area contributed by atoms with Crippen molar-refractivity contribution in [1.29, 1.82) is 0 Å². The summed E-state index contributed by atoms with van der Waals surface area (Å²) in [6.45, 7) is 0.773. The molecule has 0 aliphatic heterocycles. The monoisotopic (exact) mass is 260 g/mol. The van der Waals surface area contributed by atoms with Crippen LogP contribution in [0.15, 0.2) is 42.9 Å². The molecular formula is C13H16N4S. The van der Waals surface area contributed by atoms with Crippen molar-refractivity contribution >= 4 is 23.0 Å². The van der Waals surface area contributed by atoms with Gasteiger partial charge in [-0.1, -0.05) is 18.2 Å². The van der Waals surface area contributed by atoms with Crippen LogP contribution in [0, 0.1) is 0 Å². The number of hydrogen-bond donors (Lipinski definition) is 2. The average molecular weight is 260 g/mol. The molecule has 0 saturated carbocycles. The van der Waals surface area contributed by atoms with Gasteiger partial charge in [-0.15, -0.1) is 0 Å². The minimum atomic E-state index is 0.636. The molecule has 0 aliphatic carbocycles. The number of benzene rings is 1. The van der Waals surface area contributed by atoms with E-state index in [0.717, 1.165) is 24.3 Å². The third-order valence-corrected chi connectivity index (χ3v) is 2.70. The van der Waals surface area contributed by atoms with E-state index in [4.69, 9.17) is 12.2 Å². The molecule has 0 bridgehead atoms. The Morgan fingerprint density at radius 2 is 2.11 bits per heavy atom. The topological polar surface area (TPSA) is 41.9 Å². The van der Waals surface area contributed by atoms with Crippen molar-refractivity contribution in [1.82, 2.24) is 14.9 Å². The lowest BCUT2D eigenvalue weighted by atomic mass is 10.3. The lowest BCUT2D eigenvalue weighted by molar-refractivity contribution is 0.851. The molecule has 18 heavy (non-hydrogen) atoms. The molecule has 0 amide bonds. The maximum absolute atomic E-state index is 5.21. The summed E-state index contributed by atoms with van der Waals surface area (Å²) in [6, 6.07) is 9.87. The van der Waals surface area contributed by atoms with Crippen molar-refractivity contribution in [2.45, 2.75) is 6.42 Å². The van der Waals surface area contributed by atoms with E-state index in [2.05, 4.69) is 15.6 Å². The number of thiocarbonyl (C=S) groups is 1. The molecule has 0 fully saturated rings. The number of anilines is 1. The number of aryl methyl sites for hydroxylation is 1. The predicted molar refractivity (Wildman–Crippen MR) is 77.6 cm³/mol. The van der Waals surface area contributed by atoms with Crippen LogP contribution < -0.4 is 10.6 Å². The van der Waals surface area contributed by atoms with E-state index in [1.165, 1.54) is 0 Å². The molecule has 1 heterocycles. The summed E-state index contributed by atoms with van der Waals surface area (Å²) >= 11 is 5.21. The van der Waals surface area contributed by atoms with Gasteiger partial charge in [-0.3, -0.25) is 0 Å². The van der Waals surface area contributed by atoms with Crippen LogP contribution in [0.3, 0.4) is 0 Å². The van der Waals surface area contributed by atoms with Gasteiger partial charge in [0.1, 0.15) is 0 Å². The zero-order valence-corrected chi connectivity index (χ0v) is 11.1. The van der Waals surface area contributed by atoms with Crippen LogP contribution in [-0.2, 0) is 13.5 Å². The number of hydrogen-bond acceptors (Lipinski definition) is 2. The van der Waals surface area contributed by atoms with E-state index in [9.17, 15) is 0 Å². The highest BCUT2D eigenvalue weighted by Crippen LogP contribution is 2.04. The Balaban J connectivity index is 1.72. The lowest BCUT2D eigenvalue weighted by Crippen LogP contribution is -2.30. The smallest absolute Gasteiger partial charge is 0.170 e. The van der Waals surface area contributed by atoms with Crippen LogP contribution in [0.2, 0.25) is 0 Å². The summed E-state index contributed by atoms with van der Waals surface area (Å²) in [6.07, 6.45) is 4.67. The third kappa shape index (κ3) is 3.85. The number of imidazole rings is 1. The Kier molecular flexibility index (Phi) is 4.30. The number of nitrogens with zero attached hydrogens (tertiary/aromatic N) is 2. The fourth-order valence-corrected chi connectivity index (χ4v) is 1.82. The van der Waals surface area contributed by atoms with Crippen molar-refractivity contribution in [3.05, 3.63) is 48.5 Å². The number of aromatic nitrogens is 2. The molecule has 1 aromatic heterocycles. The van der Waals surface area contributed by atoms with Crippen molar-refractivity contribution in [2.75, 3.05) is 11.9 Å². The summed E-state index contributed by atoms with van der Waals surface area (Å²) in [5.41, 5.74) is 2.06. The number of rotatable bonds is 4. The van der Waals surface area contributed by atoms with E-state index in [1.807, 2.05) is 48.1 Å². The second-order valence-electron chi connectivity index (χ2n) is 4.03. The van der Waals surface area contributed by atoms with E-state index < -0.39 is 0 Å². The van der Waals surface area contributed by atoms with Crippen LogP contribution in [0.4, 0.5) is 5.69 Å². The van der Waals surface area contributed by atoms with Gasteiger partial charge in [0.05, 0.1) is 12.0 Å². The molecule has 5 heteroatoms. The molecule has 1 aromatic carbocycles. The molecule has 0 saturated heterocycles. The summed E-state index contributed by atoms with van der Waals surface area (Å²) in [7, 11) is 1.96. The van der Waals surface area contributed by atoms with Crippen molar-refractivity contribution in [3.63, 3.8) is 0 Å². The lowest BCUT2D eigenvalue weighted by Gasteiger charge is -2.09. The van der Waals surface area contributed by atoms with Gasteiger partial charge in [-0.25, -0.2) is 4.98 Å². The Morgan fingerprint density at radius 1 is 1.33 bits per heavy atom. The summed E-state index contributed by atoms with van der Waals surface area (Å²) in [4.78, 5) is 4.26. The highest BCUT2D eigenvalue weighted by molar-refractivity contribution is 7.80. The van der Waals surface area contributed by atoms with E-state index in [0.29, 0.717) is 5.11 Å². The quantitative estimate of drug-likeness (QED) is 0.825. The third-order valence-electron chi connectivity index (χ3n) is 2.46. The minimum Gasteiger partial charge on any atom is -0.362 e. The molecule has 0 spiro atoms. The van der Waals surface area contributed by atoms with E-state index in [-0.39, 0.29) is 0 Å². The normalized spacial score (nSPS) is 10.1. The SMILES string of the molecule is Cn1cnc(CCNC(=S)Nc2ccccc2)c1. The van der Waals surface area contributed by atoms with Gasteiger partial charge < -0.3 is 15.2 Å². The molecule has 94 valence electrons. The van der Waals surface area contributed by atoms with E-state index in [1.54, 1.807) is 6.33 Å². The Bertz CT molecular complexity index is 507. The van der Waals surface area contributed by atoms with Gasteiger partial charge in [0.2, 0.25) is 0 Å². The molecule has 0 unspecified atom stereocenters. The van der Waals surface area contributed by atoms with Crippen molar-refractivity contribution in [2.24, 2.45) is 7.05 Å². The summed E-state index contributed by atoms with van der Waals surface area (Å²) in [5.74, 6) is 0. The Hall–Kier alpha value is -1.88. The minimum absolute atomic E-state index is 0.636. The van der Waals surface area contributed by atoms with Gasteiger partial charge in [0.25, 0.3) is 0 Å². The van der Waals surface area contributed by atoms with Gasteiger partial charge in [0, 0.05) is 31.9 Å². The molecule has 2 aromatic rings. The van der Waals surface area contributed by atoms with Crippen LogP contribution in [0.1, 0.15) is 5.69 Å². The van der Waals surface area contributed by atoms with Gasteiger partial charge in [-0.2, -0.15) is 0 Å². The molecule has 2 N–H and O–H groups in total. The first-order chi connectivity index (χ1) is 8.74. The molecular weight excluding hydrogens is 244 g/mol. The van der Waals surface area contributed by atoms with Crippen molar-refractivity contribution < 1.29 is 0 Å². The highest BCUT2D eigenvalue weighted by Gasteiger charge is 1.99. The second-order valence-corrected chi connectivity index (χ2v) is 4.44. The second kappa shape index (κ2) is 6.16. The molecule has 2 rings (SSSR count). The fourth-order valence-electron chi connectivity index (χ4n) is 1.60. The molecule has 0 aliphatic rings. The van der Waals surface area contributed by atoms with Gasteiger partial charge in [-0.05, 0) is 24.4 Å². The largest absolute Gasteiger partial charge is 0.362 e. The average Bonchev–Trinajstić information content (AvgIpc) is 2.76. The van der Waals surface area contributed by atoms with E-state index >= 15 is 0 Å². The number of para-hydroxylation sites is 1. The fraction of sp³-hybridized carbons (Fsp3) is 0.231. The predicted octanol–water partition coefficient (Wildman–Crippen LogP) is 1.95. The highest BCUT2D eigenvalue weighted by atomic mass is 32.1. The summed E-state index contributed by atoms with van der Waals surface area (Å²) < 4.78 is 1.94. The molecule has 4 nitrogen and oxygen atoms in total. The van der Waals surface area contributed by atoms with Gasteiger partial charge >= 0.3 is 0 Å². The van der Waals surface area contributed by atoms with Crippen molar-refractivity contribution in [3.8, 4) is 0 Å². The van der Waals surface area contributed by atoms with Crippen LogP contribution in [0.5, 0.6) is 0 Å². The molecule has 0 radical (unpaired) electrons. The first-order valence-electron chi connectivity index (χ1n) is 5.81. The van der Waals surface area contributed by atoms with Crippen LogP contribution >= 0.6 is 12.2 Å². The van der Waals surface area contributed by atoms with Crippen LogP contribution in [-0.4, -0.2) is 21.2 Å². The Morgan fingerprint density at radius 3 is 2.78 bits per heavy atom. The summed E-state index contributed by atoms with van der Waals surface area (Å²) in [5, 5.41) is 6.92. The first kappa shape index (κ1) is 12.6. The zero-order chi connectivity index (χ0) is 12.8. The first-order valence-corrected chi connectivity index (χ1v) is 6.21. The zero-order valence-electron chi connectivity index (χ0n) is 10.3. The maximum atomic E-state index is 5.21. The maximum Gasteiger partial charge on any atom is 0.170 e. The Labute approximate surface area is 112 Å². The number of nitrogens with one attached hydrogen (secondary N) is 2. The molecule has 0 atom stereocenters. The van der Waals surface area contributed by atoms with Gasteiger partial charge in [0.15, 0.2) is 5.11 Å².